The van der Waals surface area contributed by atoms with E-state index in [0.29, 0.717) is 17.9 Å². The van der Waals surface area contributed by atoms with E-state index in [-0.39, 0.29) is 18.6 Å². The van der Waals surface area contributed by atoms with E-state index < -0.39 is 17.9 Å². The molecule has 6 heteroatoms. The van der Waals surface area contributed by atoms with E-state index in [2.05, 4.69) is 5.32 Å². The van der Waals surface area contributed by atoms with Crippen LogP contribution in [-0.2, 0) is 17.8 Å². The van der Waals surface area contributed by atoms with Gasteiger partial charge in [0.05, 0.1) is 5.69 Å². The molecule has 0 aromatic heterocycles. The van der Waals surface area contributed by atoms with Crippen LogP contribution in [0.2, 0.25) is 0 Å². The van der Waals surface area contributed by atoms with Crippen molar-refractivity contribution in [2.75, 3.05) is 5.73 Å². The molecule has 0 spiro atoms. The number of anilines is 1. The van der Waals surface area contributed by atoms with E-state index >= 15 is 0 Å². The summed E-state index contributed by atoms with van der Waals surface area (Å²) < 4.78 is 5.90. The molecule has 0 radical (unpaired) electrons. The van der Waals surface area contributed by atoms with Crippen LogP contribution in [0.15, 0.2) is 91.0 Å². The van der Waals surface area contributed by atoms with E-state index in [9.17, 15) is 14.7 Å². The number of carbonyl (C=O) groups excluding carboxylic acids is 1. The van der Waals surface area contributed by atoms with Crippen LogP contribution < -0.4 is 15.8 Å². The third-order valence-electron chi connectivity index (χ3n) is 5.65. The lowest BCUT2D eigenvalue weighted by Crippen LogP contribution is -2.41. The second-order valence-corrected chi connectivity index (χ2v) is 8.11. The summed E-state index contributed by atoms with van der Waals surface area (Å²) >= 11 is 0. The minimum Gasteiger partial charge on any atom is -0.487 e. The molecule has 0 aliphatic carbocycles. The van der Waals surface area contributed by atoms with Crippen LogP contribution in [0, 0.1) is 0 Å². The Morgan fingerprint density at radius 1 is 0.853 bits per heavy atom. The van der Waals surface area contributed by atoms with Crippen molar-refractivity contribution in [2.45, 2.75) is 25.5 Å². The van der Waals surface area contributed by atoms with Gasteiger partial charge in [0.25, 0.3) is 5.91 Å². The molecule has 0 saturated carbocycles. The van der Waals surface area contributed by atoms with Crippen molar-refractivity contribution >= 4 is 28.3 Å². The number of fused-ring (bicyclic) bond motifs is 1. The average Bonchev–Trinajstić information content (AvgIpc) is 2.86. The van der Waals surface area contributed by atoms with E-state index in [4.69, 9.17) is 10.5 Å². The summed E-state index contributed by atoms with van der Waals surface area (Å²) in [5, 5.41) is 14.4. The van der Waals surface area contributed by atoms with Crippen LogP contribution in [0.5, 0.6) is 5.75 Å². The van der Waals surface area contributed by atoms with Crippen molar-refractivity contribution in [3.63, 3.8) is 0 Å². The van der Waals surface area contributed by atoms with Crippen LogP contribution in [-0.4, -0.2) is 23.0 Å². The van der Waals surface area contributed by atoms with Crippen molar-refractivity contribution in [1.29, 1.82) is 0 Å². The Bertz CT molecular complexity index is 1300. The number of amides is 1. The lowest BCUT2D eigenvalue weighted by Gasteiger charge is -2.16. The molecule has 1 amide bonds. The summed E-state index contributed by atoms with van der Waals surface area (Å²) in [5.41, 5.74) is 8.73. The quantitative estimate of drug-likeness (QED) is 0.315. The van der Waals surface area contributed by atoms with Gasteiger partial charge in [0.1, 0.15) is 18.4 Å². The van der Waals surface area contributed by atoms with Crippen molar-refractivity contribution < 1.29 is 19.4 Å². The van der Waals surface area contributed by atoms with Crippen molar-refractivity contribution in [1.82, 2.24) is 5.32 Å². The first-order valence-electron chi connectivity index (χ1n) is 11.1. The number of carboxylic acid groups (broad SMARTS) is 1. The highest BCUT2D eigenvalue weighted by atomic mass is 16.5. The minimum absolute atomic E-state index is 0.283. The number of nitrogens with two attached hydrogens (primary N) is 1. The van der Waals surface area contributed by atoms with Gasteiger partial charge in [-0.3, -0.25) is 4.79 Å². The Kier molecular flexibility index (Phi) is 7.08. The first-order chi connectivity index (χ1) is 16.5. The summed E-state index contributed by atoms with van der Waals surface area (Å²) in [7, 11) is 0. The standard InChI is InChI=1S/C28H26N2O4/c29-24-14-13-23(27(31)30-25(28(32)33)15-11-19-6-2-1-3-7-19)17-26(24)34-18-20-10-12-21-8-4-5-9-22(21)16-20/h1-10,12-14,16-17,25H,11,15,18,29H2,(H,30,31)(H,32,33)/t25-/m0/s1. The van der Waals surface area contributed by atoms with Gasteiger partial charge >= 0.3 is 5.97 Å². The highest BCUT2D eigenvalue weighted by Gasteiger charge is 2.21. The van der Waals surface area contributed by atoms with Gasteiger partial charge in [-0.25, -0.2) is 4.79 Å². The lowest BCUT2D eigenvalue weighted by molar-refractivity contribution is -0.139. The van der Waals surface area contributed by atoms with Gasteiger partial charge < -0.3 is 20.9 Å². The van der Waals surface area contributed by atoms with Gasteiger partial charge in [-0.1, -0.05) is 66.7 Å². The molecule has 0 saturated heterocycles. The van der Waals surface area contributed by atoms with Crippen molar-refractivity contribution in [2.24, 2.45) is 0 Å². The highest BCUT2D eigenvalue weighted by molar-refractivity contribution is 5.97. The molecule has 0 bridgehead atoms. The van der Waals surface area contributed by atoms with Crippen LogP contribution in [0.4, 0.5) is 5.69 Å². The molecule has 172 valence electrons. The molecule has 4 N–H and O–H groups in total. The predicted molar refractivity (Wildman–Crippen MR) is 133 cm³/mol. The number of aryl methyl sites for hydroxylation is 1. The molecule has 4 aromatic carbocycles. The van der Waals surface area contributed by atoms with Crippen LogP contribution in [0.25, 0.3) is 10.8 Å². The van der Waals surface area contributed by atoms with Gasteiger partial charge in [-0.05, 0) is 59.0 Å². The van der Waals surface area contributed by atoms with E-state index in [1.165, 1.54) is 0 Å². The topological polar surface area (TPSA) is 102 Å². The second kappa shape index (κ2) is 10.5. The van der Waals surface area contributed by atoms with Crippen LogP contribution in [0.1, 0.15) is 27.9 Å². The second-order valence-electron chi connectivity index (χ2n) is 8.11. The highest BCUT2D eigenvalue weighted by Crippen LogP contribution is 2.25. The number of nitrogen functional groups attached to an aromatic ring is 1. The number of aliphatic carboxylic acids is 1. The number of nitrogens with one attached hydrogen (secondary N) is 1. The minimum atomic E-state index is -1.08. The van der Waals surface area contributed by atoms with Gasteiger partial charge in [0.2, 0.25) is 0 Å². The zero-order valence-corrected chi connectivity index (χ0v) is 18.6. The molecule has 0 heterocycles. The number of benzene rings is 4. The maximum atomic E-state index is 12.8. The van der Waals surface area contributed by atoms with E-state index in [0.717, 1.165) is 21.9 Å². The molecule has 0 unspecified atom stereocenters. The Morgan fingerprint density at radius 2 is 1.59 bits per heavy atom. The van der Waals surface area contributed by atoms with Crippen molar-refractivity contribution in [3.05, 3.63) is 108 Å². The summed E-state index contributed by atoms with van der Waals surface area (Å²) in [5.74, 6) is -1.19. The van der Waals surface area contributed by atoms with Gasteiger partial charge in [-0.2, -0.15) is 0 Å². The zero-order valence-electron chi connectivity index (χ0n) is 18.6. The first-order valence-corrected chi connectivity index (χ1v) is 11.1. The molecule has 0 aliphatic heterocycles. The maximum Gasteiger partial charge on any atom is 0.326 e. The Hall–Kier alpha value is -4.32. The molecule has 0 aliphatic rings. The van der Waals surface area contributed by atoms with E-state index in [1.807, 2.05) is 72.8 Å². The monoisotopic (exact) mass is 454 g/mol. The fraction of sp³-hybridized carbons (Fsp3) is 0.143. The van der Waals surface area contributed by atoms with Crippen LogP contribution >= 0.6 is 0 Å². The summed E-state index contributed by atoms with van der Waals surface area (Å²) in [4.78, 5) is 24.5. The molecule has 4 rings (SSSR count). The number of carbonyl (C=O) groups is 2. The molecule has 34 heavy (non-hydrogen) atoms. The average molecular weight is 455 g/mol. The smallest absolute Gasteiger partial charge is 0.326 e. The summed E-state index contributed by atoms with van der Waals surface area (Å²) in [6.45, 7) is 0.287. The third-order valence-corrected chi connectivity index (χ3v) is 5.65. The molecule has 4 aromatic rings. The van der Waals surface area contributed by atoms with Gasteiger partial charge in [0.15, 0.2) is 0 Å². The first kappa shape index (κ1) is 22.9. The van der Waals surface area contributed by atoms with Gasteiger partial charge in [0, 0.05) is 5.56 Å². The van der Waals surface area contributed by atoms with Gasteiger partial charge in [-0.15, -0.1) is 0 Å². The third kappa shape index (κ3) is 5.72. The Balaban J connectivity index is 1.42. The van der Waals surface area contributed by atoms with Crippen LogP contribution in [0.3, 0.4) is 0 Å². The predicted octanol–water partition coefficient (Wildman–Crippen LogP) is 4.82. The lowest BCUT2D eigenvalue weighted by atomic mass is 10.0. The number of hydrogen-bond acceptors (Lipinski definition) is 4. The molecule has 1 atom stereocenters. The summed E-state index contributed by atoms with van der Waals surface area (Å²) in [6.07, 6.45) is 0.825. The zero-order chi connectivity index (χ0) is 23.9. The fourth-order valence-electron chi connectivity index (χ4n) is 3.74. The van der Waals surface area contributed by atoms with Crippen molar-refractivity contribution in [3.8, 4) is 5.75 Å². The fourth-order valence-corrected chi connectivity index (χ4v) is 3.74. The molecule has 0 fully saturated rings. The number of ether oxygens (including phenoxy) is 1. The largest absolute Gasteiger partial charge is 0.487 e. The number of rotatable bonds is 9. The molecular formula is C28H26N2O4. The Morgan fingerprint density at radius 3 is 2.35 bits per heavy atom. The number of carboxylic acids is 1. The maximum absolute atomic E-state index is 12.8. The normalized spacial score (nSPS) is 11.6. The number of hydrogen-bond donors (Lipinski definition) is 3. The Labute approximate surface area is 198 Å². The molecular weight excluding hydrogens is 428 g/mol. The molecule has 6 nitrogen and oxygen atoms in total. The van der Waals surface area contributed by atoms with E-state index in [1.54, 1.807) is 18.2 Å². The SMILES string of the molecule is Nc1ccc(C(=O)N[C@@H](CCc2ccccc2)C(=O)O)cc1OCc1ccc2ccccc2c1. The summed E-state index contributed by atoms with van der Waals surface area (Å²) in [6, 6.07) is 27.4.